The molecule has 5 heteroatoms. The van der Waals surface area contributed by atoms with Crippen molar-refractivity contribution in [1.29, 1.82) is 0 Å². The number of furan rings is 1. The zero-order valence-corrected chi connectivity index (χ0v) is 11.1. The van der Waals surface area contributed by atoms with Gasteiger partial charge in [0.15, 0.2) is 0 Å². The molecule has 0 bridgehead atoms. The van der Waals surface area contributed by atoms with Crippen molar-refractivity contribution in [3.8, 4) is 0 Å². The van der Waals surface area contributed by atoms with E-state index in [9.17, 15) is 4.79 Å². The summed E-state index contributed by atoms with van der Waals surface area (Å²) in [5.74, 6) is 1.75. The van der Waals surface area contributed by atoms with Crippen molar-refractivity contribution in [1.82, 2.24) is 4.90 Å². The molecule has 0 aliphatic carbocycles. The van der Waals surface area contributed by atoms with Crippen LogP contribution in [0.25, 0.3) is 0 Å². The molecule has 2 amide bonds. The summed E-state index contributed by atoms with van der Waals surface area (Å²) >= 11 is 1.72. The molecule has 0 unspecified atom stereocenters. The number of anilines is 1. The van der Waals surface area contributed by atoms with Crippen LogP contribution in [0.3, 0.4) is 0 Å². The van der Waals surface area contributed by atoms with Gasteiger partial charge in [-0.1, -0.05) is 18.2 Å². The predicted molar refractivity (Wildman–Crippen MR) is 76.1 cm³/mol. The number of hydrogen-bond donors (Lipinski definition) is 1. The number of nitrogens with zero attached hydrogens (tertiary/aromatic N) is 1. The van der Waals surface area contributed by atoms with E-state index in [1.807, 2.05) is 42.5 Å². The van der Waals surface area contributed by atoms with Gasteiger partial charge in [-0.15, -0.1) is 11.8 Å². The summed E-state index contributed by atoms with van der Waals surface area (Å²) in [6, 6.07) is 13.2. The first-order chi connectivity index (χ1) is 9.34. The monoisotopic (exact) mass is 274 g/mol. The molecule has 0 radical (unpaired) electrons. The average Bonchev–Trinajstić information content (AvgIpc) is 3.10. The minimum absolute atomic E-state index is 0.0290. The number of carbonyl (C=O) groups excluding carboxylic acids is 1. The first-order valence-electron chi connectivity index (χ1n) is 6.12. The molecule has 1 aliphatic rings. The Balaban J connectivity index is 1.72. The molecule has 2 aromatic rings. The average molecular weight is 274 g/mol. The minimum Gasteiger partial charge on any atom is -0.466 e. The fraction of sp³-hybridized carbons (Fsp3) is 0.214. The van der Waals surface area contributed by atoms with Crippen LogP contribution in [0.15, 0.2) is 53.1 Å². The molecule has 0 saturated carbocycles. The van der Waals surface area contributed by atoms with Crippen molar-refractivity contribution in [2.45, 2.75) is 5.37 Å². The van der Waals surface area contributed by atoms with Crippen LogP contribution in [0.1, 0.15) is 11.1 Å². The predicted octanol–water partition coefficient (Wildman–Crippen LogP) is 3.56. The Bertz CT molecular complexity index is 542. The molecule has 98 valence electrons. The fourth-order valence-corrected chi connectivity index (χ4v) is 3.27. The largest absolute Gasteiger partial charge is 0.466 e. The number of rotatable bonds is 2. The van der Waals surface area contributed by atoms with E-state index in [2.05, 4.69) is 5.32 Å². The Morgan fingerprint density at radius 1 is 1.26 bits per heavy atom. The zero-order valence-electron chi connectivity index (χ0n) is 10.3. The van der Waals surface area contributed by atoms with Crippen molar-refractivity contribution >= 4 is 23.5 Å². The van der Waals surface area contributed by atoms with E-state index in [1.54, 1.807) is 22.9 Å². The van der Waals surface area contributed by atoms with E-state index in [-0.39, 0.29) is 11.4 Å². The SMILES string of the molecule is O=C(Nc1ccccc1)N1CCS[C@@H]1c1ccco1. The van der Waals surface area contributed by atoms with Crippen LogP contribution in [-0.2, 0) is 0 Å². The van der Waals surface area contributed by atoms with Crippen molar-refractivity contribution in [2.24, 2.45) is 0 Å². The van der Waals surface area contributed by atoms with Gasteiger partial charge in [-0.05, 0) is 24.3 Å². The lowest BCUT2D eigenvalue weighted by Crippen LogP contribution is -2.34. The summed E-state index contributed by atoms with van der Waals surface area (Å²) in [7, 11) is 0. The van der Waals surface area contributed by atoms with E-state index >= 15 is 0 Å². The lowest BCUT2D eigenvalue weighted by atomic mass is 10.3. The summed E-state index contributed by atoms with van der Waals surface area (Å²) in [5.41, 5.74) is 0.808. The number of nitrogens with one attached hydrogen (secondary N) is 1. The summed E-state index contributed by atoms with van der Waals surface area (Å²) in [5, 5.41) is 2.88. The third-order valence-electron chi connectivity index (χ3n) is 2.96. The van der Waals surface area contributed by atoms with Gasteiger partial charge in [0.05, 0.1) is 6.26 Å². The zero-order chi connectivity index (χ0) is 13.1. The van der Waals surface area contributed by atoms with E-state index in [1.165, 1.54) is 0 Å². The molecular formula is C14H14N2O2S. The molecule has 3 rings (SSSR count). The molecule has 4 nitrogen and oxygen atoms in total. The van der Waals surface area contributed by atoms with Crippen LogP contribution in [-0.4, -0.2) is 23.2 Å². The van der Waals surface area contributed by atoms with Gasteiger partial charge in [0.2, 0.25) is 0 Å². The minimum atomic E-state index is -0.0856. The maximum atomic E-state index is 12.3. The number of urea groups is 1. The quantitative estimate of drug-likeness (QED) is 0.910. The molecule has 0 spiro atoms. The first kappa shape index (κ1) is 12.2. The van der Waals surface area contributed by atoms with Gasteiger partial charge >= 0.3 is 6.03 Å². The molecule has 2 heterocycles. The Morgan fingerprint density at radius 2 is 2.11 bits per heavy atom. The summed E-state index contributed by atoms with van der Waals surface area (Å²) in [6.45, 7) is 0.731. The van der Waals surface area contributed by atoms with Crippen molar-refractivity contribution in [3.63, 3.8) is 0 Å². The second kappa shape index (κ2) is 5.40. The Morgan fingerprint density at radius 3 is 2.84 bits per heavy atom. The second-order valence-electron chi connectivity index (χ2n) is 4.23. The summed E-state index contributed by atoms with van der Waals surface area (Å²) in [4.78, 5) is 14.1. The van der Waals surface area contributed by atoms with Gasteiger partial charge in [0, 0.05) is 18.0 Å². The molecule has 1 saturated heterocycles. The maximum Gasteiger partial charge on any atom is 0.323 e. The van der Waals surface area contributed by atoms with Crippen LogP contribution in [0.4, 0.5) is 10.5 Å². The Hall–Kier alpha value is -1.88. The molecule has 1 aliphatic heterocycles. The van der Waals surface area contributed by atoms with Crippen LogP contribution in [0.5, 0.6) is 0 Å². The van der Waals surface area contributed by atoms with E-state index in [0.29, 0.717) is 0 Å². The maximum absolute atomic E-state index is 12.3. The van der Waals surface area contributed by atoms with E-state index in [0.717, 1.165) is 23.7 Å². The Labute approximate surface area is 115 Å². The third-order valence-corrected chi connectivity index (χ3v) is 4.18. The molecule has 1 aromatic heterocycles. The molecule has 1 atom stereocenters. The van der Waals surface area contributed by atoms with Gasteiger partial charge in [-0.3, -0.25) is 0 Å². The topological polar surface area (TPSA) is 45.5 Å². The Kier molecular flexibility index (Phi) is 3.46. The van der Waals surface area contributed by atoms with Gasteiger partial charge in [0.1, 0.15) is 11.1 Å². The molecule has 1 N–H and O–H groups in total. The third kappa shape index (κ3) is 2.61. The van der Waals surface area contributed by atoms with E-state index in [4.69, 9.17) is 4.42 Å². The van der Waals surface area contributed by atoms with Gasteiger partial charge < -0.3 is 14.6 Å². The highest BCUT2D eigenvalue weighted by Gasteiger charge is 2.32. The van der Waals surface area contributed by atoms with Crippen molar-refractivity contribution in [3.05, 3.63) is 54.5 Å². The number of thioether (sulfide) groups is 1. The second-order valence-corrected chi connectivity index (χ2v) is 5.42. The lowest BCUT2D eigenvalue weighted by Gasteiger charge is -2.22. The van der Waals surface area contributed by atoms with Gasteiger partial charge in [0.25, 0.3) is 0 Å². The highest BCUT2D eigenvalue weighted by atomic mass is 32.2. The van der Waals surface area contributed by atoms with E-state index < -0.39 is 0 Å². The first-order valence-corrected chi connectivity index (χ1v) is 7.17. The van der Waals surface area contributed by atoms with Crippen LogP contribution in [0.2, 0.25) is 0 Å². The summed E-state index contributed by atoms with van der Waals surface area (Å²) < 4.78 is 5.41. The summed E-state index contributed by atoms with van der Waals surface area (Å²) in [6.07, 6.45) is 1.64. The molecule has 1 fully saturated rings. The number of carbonyl (C=O) groups is 1. The van der Waals surface area contributed by atoms with Crippen LogP contribution in [0, 0.1) is 0 Å². The molecular weight excluding hydrogens is 260 g/mol. The lowest BCUT2D eigenvalue weighted by molar-refractivity contribution is 0.210. The van der Waals surface area contributed by atoms with Crippen molar-refractivity contribution < 1.29 is 9.21 Å². The standard InChI is InChI=1S/C14H14N2O2S/c17-14(15-11-5-2-1-3-6-11)16-8-10-19-13(16)12-7-4-9-18-12/h1-7,9,13H,8,10H2,(H,15,17)/t13-/m1/s1. The number of hydrogen-bond acceptors (Lipinski definition) is 3. The highest BCUT2D eigenvalue weighted by Crippen LogP contribution is 2.38. The highest BCUT2D eigenvalue weighted by molar-refractivity contribution is 7.99. The van der Waals surface area contributed by atoms with Crippen molar-refractivity contribution in [2.75, 3.05) is 17.6 Å². The fourth-order valence-electron chi connectivity index (χ4n) is 2.06. The van der Waals surface area contributed by atoms with Gasteiger partial charge in [-0.25, -0.2) is 4.79 Å². The number of amides is 2. The molecule has 19 heavy (non-hydrogen) atoms. The van der Waals surface area contributed by atoms with Crippen LogP contribution >= 0.6 is 11.8 Å². The number of para-hydroxylation sites is 1. The van der Waals surface area contributed by atoms with Crippen LogP contribution < -0.4 is 5.32 Å². The number of benzene rings is 1. The normalized spacial score (nSPS) is 18.5. The molecule has 1 aromatic carbocycles. The smallest absolute Gasteiger partial charge is 0.323 e. The van der Waals surface area contributed by atoms with Gasteiger partial charge in [-0.2, -0.15) is 0 Å².